The Morgan fingerprint density at radius 3 is 2.46 bits per heavy atom. The van der Waals surface area contributed by atoms with Gasteiger partial charge >= 0.3 is 0 Å². The molecule has 0 aliphatic carbocycles. The van der Waals surface area contributed by atoms with E-state index >= 15 is 0 Å². The molecule has 0 aliphatic rings. The van der Waals surface area contributed by atoms with Crippen molar-refractivity contribution in [3.63, 3.8) is 0 Å². The van der Waals surface area contributed by atoms with E-state index in [1.807, 2.05) is 30.3 Å². The first-order valence-electron chi connectivity index (χ1n) is 7.37. The molecule has 1 atom stereocenters. The Morgan fingerprint density at radius 1 is 1.21 bits per heavy atom. The van der Waals surface area contributed by atoms with E-state index in [-0.39, 0.29) is 17.4 Å². The molecule has 0 bridgehead atoms. The van der Waals surface area contributed by atoms with Crippen molar-refractivity contribution in [1.82, 2.24) is 20.4 Å². The minimum atomic E-state index is -2.66. The molecule has 0 fully saturated rings. The van der Waals surface area contributed by atoms with E-state index in [0.717, 1.165) is 5.56 Å². The predicted molar refractivity (Wildman–Crippen MR) is 84.2 cm³/mol. The van der Waals surface area contributed by atoms with E-state index in [9.17, 15) is 18.4 Å². The lowest BCUT2D eigenvalue weighted by Crippen LogP contribution is -2.31. The number of carbonyl (C=O) groups is 2. The van der Waals surface area contributed by atoms with Gasteiger partial charge in [-0.2, -0.15) is 5.10 Å². The number of amides is 2. The number of benzene rings is 1. The molecule has 1 aromatic carbocycles. The summed E-state index contributed by atoms with van der Waals surface area (Å²) in [4.78, 5) is 24.0. The zero-order valence-corrected chi connectivity index (χ0v) is 13.3. The predicted octanol–water partition coefficient (Wildman–Crippen LogP) is 1.85. The van der Waals surface area contributed by atoms with Gasteiger partial charge in [-0.25, -0.2) is 8.78 Å². The molecule has 6 nitrogen and oxygen atoms in total. The Hall–Kier alpha value is -2.77. The Morgan fingerprint density at radius 2 is 1.88 bits per heavy atom. The third kappa shape index (κ3) is 3.95. The van der Waals surface area contributed by atoms with Gasteiger partial charge in [0.1, 0.15) is 5.69 Å². The maximum Gasteiger partial charge on any atom is 0.271 e. The average Bonchev–Trinajstić information content (AvgIpc) is 3.04. The second-order valence-corrected chi connectivity index (χ2v) is 5.13. The van der Waals surface area contributed by atoms with Gasteiger partial charge in [-0.05, 0) is 12.5 Å². The maximum absolute atomic E-state index is 12.3. The fourth-order valence-electron chi connectivity index (χ4n) is 2.23. The van der Waals surface area contributed by atoms with Crippen LogP contribution in [0, 0.1) is 0 Å². The van der Waals surface area contributed by atoms with Crippen LogP contribution < -0.4 is 10.6 Å². The van der Waals surface area contributed by atoms with Crippen LogP contribution in [0.2, 0.25) is 0 Å². The Balaban J connectivity index is 2.38. The SMILES string of the molecule is CNC(=O)c1cc(C(=O)NCC(F)F)n([C@@H](C)c2ccccc2)n1. The lowest BCUT2D eigenvalue weighted by molar-refractivity contribution is 0.0880. The van der Waals surface area contributed by atoms with Gasteiger partial charge in [0.05, 0.1) is 12.6 Å². The smallest absolute Gasteiger partial charge is 0.271 e. The van der Waals surface area contributed by atoms with Crippen LogP contribution in [0.3, 0.4) is 0 Å². The van der Waals surface area contributed by atoms with Crippen molar-refractivity contribution in [2.45, 2.75) is 19.4 Å². The fourth-order valence-corrected chi connectivity index (χ4v) is 2.23. The molecule has 1 aromatic heterocycles. The number of rotatable bonds is 6. The van der Waals surface area contributed by atoms with Crippen LogP contribution in [0.1, 0.15) is 39.5 Å². The summed E-state index contributed by atoms with van der Waals surface area (Å²) in [6.45, 7) is 1.04. The molecule has 0 radical (unpaired) electrons. The van der Waals surface area contributed by atoms with E-state index in [4.69, 9.17) is 0 Å². The first-order valence-corrected chi connectivity index (χ1v) is 7.37. The second-order valence-electron chi connectivity index (χ2n) is 5.13. The van der Waals surface area contributed by atoms with Crippen molar-refractivity contribution in [3.05, 3.63) is 53.3 Å². The highest BCUT2D eigenvalue weighted by atomic mass is 19.3. The largest absolute Gasteiger partial charge is 0.354 e. The topological polar surface area (TPSA) is 76.0 Å². The summed E-state index contributed by atoms with van der Waals surface area (Å²) in [5.41, 5.74) is 0.958. The number of hydrogen-bond donors (Lipinski definition) is 2. The standard InChI is InChI=1S/C16H18F2N4O2/c1-10(11-6-4-3-5-7-11)22-13(16(24)20-9-14(17)18)8-12(21-22)15(23)19-2/h3-8,10,14H,9H2,1-2H3,(H,19,23)(H,20,24)/t10-/m0/s1. The lowest BCUT2D eigenvalue weighted by Gasteiger charge is -2.16. The van der Waals surface area contributed by atoms with E-state index in [1.165, 1.54) is 17.8 Å². The molecule has 2 N–H and O–H groups in total. The van der Waals surface area contributed by atoms with Gasteiger partial charge in [0.25, 0.3) is 18.2 Å². The molecule has 0 spiro atoms. The highest BCUT2D eigenvalue weighted by molar-refractivity contribution is 5.97. The van der Waals surface area contributed by atoms with Crippen LogP contribution in [0.15, 0.2) is 36.4 Å². The normalized spacial score (nSPS) is 12.0. The molecule has 1 heterocycles. The van der Waals surface area contributed by atoms with Crippen molar-refractivity contribution >= 4 is 11.8 Å². The first kappa shape index (κ1) is 17.6. The lowest BCUT2D eigenvalue weighted by atomic mass is 10.1. The van der Waals surface area contributed by atoms with Gasteiger partial charge in [0, 0.05) is 13.1 Å². The van der Waals surface area contributed by atoms with Crippen molar-refractivity contribution < 1.29 is 18.4 Å². The number of carbonyl (C=O) groups excluding carboxylic acids is 2. The number of nitrogens with one attached hydrogen (secondary N) is 2. The van der Waals surface area contributed by atoms with Crippen LogP contribution in [-0.2, 0) is 0 Å². The number of alkyl halides is 2. The monoisotopic (exact) mass is 336 g/mol. The number of nitrogens with zero attached hydrogens (tertiary/aromatic N) is 2. The molecule has 2 aromatic rings. The summed E-state index contributed by atoms with van der Waals surface area (Å²) < 4.78 is 26.0. The molecule has 128 valence electrons. The molecule has 0 saturated heterocycles. The van der Waals surface area contributed by atoms with Crippen molar-refractivity contribution in [2.75, 3.05) is 13.6 Å². The zero-order valence-electron chi connectivity index (χ0n) is 13.3. The summed E-state index contributed by atoms with van der Waals surface area (Å²) in [5, 5.41) is 8.72. The van der Waals surface area contributed by atoms with Gasteiger partial charge < -0.3 is 10.6 Å². The van der Waals surface area contributed by atoms with Crippen LogP contribution >= 0.6 is 0 Å². The molecule has 2 amide bonds. The minimum absolute atomic E-state index is 0.0440. The molecule has 8 heteroatoms. The Bertz CT molecular complexity index is 716. The Kier molecular flexibility index (Phi) is 5.62. The van der Waals surface area contributed by atoms with E-state index < -0.39 is 24.8 Å². The van der Waals surface area contributed by atoms with Crippen LogP contribution in [0.5, 0.6) is 0 Å². The highest BCUT2D eigenvalue weighted by Crippen LogP contribution is 2.20. The van der Waals surface area contributed by atoms with Crippen LogP contribution in [-0.4, -0.2) is 41.6 Å². The van der Waals surface area contributed by atoms with Gasteiger partial charge in [0.2, 0.25) is 0 Å². The summed E-state index contributed by atoms with van der Waals surface area (Å²) in [5.74, 6) is -1.17. The van der Waals surface area contributed by atoms with Gasteiger partial charge in [-0.15, -0.1) is 0 Å². The maximum atomic E-state index is 12.3. The first-order chi connectivity index (χ1) is 11.4. The average molecular weight is 336 g/mol. The van der Waals surface area contributed by atoms with E-state index in [1.54, 1.807) is 6.92 Å². The molecule has 24 heavy (non-hydrogen) atoms. The summed E-state index contributed by atoms with van der Waals surface area (Å²) in [6.07, 6.45) is -2.66. The second kappa shape index (κ2) is 7.67. The molecule has 2 rings (SSSR count). The summed E-state index contributed by atoms with van der Waals surface area (Å²) >= 11 is 0. The summed E-state index contributed by atoms with van der Waals surface area (Å²) in [7, 11) is 1.44. The number of halogens is 2. The van der Waals surface area contributed by atoms with E-state index in [0.29, 0.717) is 0 Å². The highest BCUT2D eigenvalue weighted by Gasteiger charge is 2.23. The quantitative estimate of drug-likeness (QED) is 0.845. The van der Waals surface area contributed by atoms with Gasteiger partial charge in [-0.1, -0.05) is 30.3 Å². The van der Waals surface area contributed by atoms with Crippen molar-refractivity contribution in [3.8, 4) is 0 Å². The molecule has 0 saturated carbocycles. The molecule has 0 aliphatic heterocycles. The zero-order chi connectivity index (χ0) is 17.7. The summed E-state index contributed by atoms with van der Waals surface area (Å²) in [6, 6.07) is 10.2. The fraction of sp³-hybridized carbons (Fsp3) is 0.312. The third-order valence-electron chi connectivity index (χ3n) is 3.49. The number of aromatic nitrogens is 2. The van der Waals surface area contributed by atoms with Gasteiger partial charge in [0.15, 0.2) is 5.69 Å². The number of hydrogen-bond acceptors (Lipinski definition) is 3. The molecule has 0 unspecified atom stereocenters. The Labute approximate surface area is 137 Å². The third-order valence-corrected chi connectivity index (χ3v) is 3.49. The minimum Gasteiger partial charge on any atom is -0.354 e. The van der Waals surface area contributed by atoms with Crippen LogP contribution in [0.4, 0.5) is 8.78 Å². The van der Waals surface area contributed by atoms with Crippen LogP contribution in [0.25, 0.3) is 0 Å². The van der Waals surface area contributed by atoms with E-state index in [2.05, 4.69) is 15.7 Å². The molecular weight excluding hydrogens is 318 g/mol. The molecular formula is C16H18F2N4O2. The van der Waals surface area contributed by atoms with Crippen molar-refractivity contribution in [1.29, 1.82) is 0 Å². The van der Waals surface area contributed by atoms with Crippen molar-refractivity contribution in [2.24, 2.45) is 0 Å². The van der Waals surface area contributed by atoms with Gasteiger partial charge in [-0.3, -0.25) is 14.3 Å².